The van der Waals surface area contributed by atoms with Crippen molar-refractivity contribution in [3.05, 3.63) is 35.4 Å². The van der Waals surface area contributed by atoms with E-state index in [9.17, 15) is 8.78 Å². The lowest BCUT2D eigenvalue weighted by atomic mass is 9.55. The summed E-state index contributed by atoms with van der Waals surface area (Å²) < 4.78 is 27.3. The minimum Gasteiger partial charge on any atom is -0.313 e. The van der Waals surface area contributed by atoms with Gasteiger partial charge in [0.1, 0.15) is 11.6 Å². The first-order valence-corrected chi connectivity index (χ1v) is 7.69. The number of halogens is 2. The van der Waals surface area contributed by atoms with Crippen molar-refractivity contribution >= 4 is 0 Å². The van der Waals surface area contributed by atoms with Gasteiger partial charge in [-0.3, -0.25) is 0 Å². The molecule has 2 aliphatic carbocycles. The molecule has 110 valence electrons. The van der Waals surface area contributed by atoms with E-state index in [1.807, 2.05) is 0 Å². The van der Waals surface area contributed by atoms with Crippen molar-refractivity contribution in [3.63, 3.8) is 0 Å². The van der Waals surface area contributed by atoms with Gasteiger partial charge in [-0.25, -0.2) is 8.78 Å². The summed E-state index contributed by atoms with van der Waals surface area (Å²) in [4.78, 5) is 0. The van der Waals surface area contributed by atoms with Gasteiger partial charge in [0.15, 0.2) is 0 Å². The first-order valence-electron chi connectivity index (χ1n) is 7.69. The number of hydrogen-bond donors (Lipinski definition) is 1. The minimum absolute atomic E-state index is 0.130. The van der Waals surface area contributed by atoms with Crippen LogP contribution < -0.4 is 5.32 Å². The van der Waals surface area contributed by atoms with Crippen LogP contribution in [0, 0.1) is 23.5 Å². The summed E-state index contributed by atoms with van der Waals surface area (Å²) in [6.07, 6.45) is 4.48. The summed E-state index contributed by atoms with van der Waals surface area (Å²) in [6, 6.07) is 4.68. The van der Waals surface area contributed by atoms with Gasteiger partial charge < -0.3 is 5.32 Å². The Hall–Kier alpha value is -0.960. The fraction of sp³-hybridized carbons (Fsp3) is 0.647. The summed E-state index contributed by atoms with van der Waals surface area (Å²) in [5, 5.41) is 3.54. The molecule has 3 rings (SSSR count). The first-order chi connectivity index (χ1) is 9.50. The summed E-state index contributed by atoms with van der Waals surface area (Å²) in [7, 11) is 0. The van der Waals surface area contributed by atoms with Gasteiger partial charge >= 0.3 is 0 Å². The normalized spacial score (nSPS) is 29.6. The van der Waals surface area contributed by atoms with E-state index in [0.717, 1.165) is 25.5 Å². The summed E-state index contributed by atoms with van der Waals surface area (Å²) >= 11 is 0. The second-order valence-corrected chi connectivity index (χ2v) is 6.97. The Morgan fingerprint density at radius 2 is 1.95 bits per heavy atom. The maximum Gasteiger partial charge on any atom is 0.129 e. The number of hydrogen-bond acceptors (Lipinski definition) is 1. The molecule has 0 bridgehead atoms. The molecule has 20 heavy (non-hydrogen) atoms. The second-order valence-electron chi connectivity index (χ2n) is 6.97. The molecule has 0 heterocycles. The van der Waals surface area contributed by atoms with Crippen LogP contribution in [-0.2, 0) is 5.41 Å². The minimum atomic E-state index is -0.490. The van der Waals surface area contributed by atoms with Crippen molar-refractivity contribution in [1.82, 2.24) is 5.32 Å². The predicted molar refractivity (Wildman–Crippen MR) is 76.6 cm³/mol. The molecule has 0 unspecified atom stereocenters. The molecule has 2 saturated carbocycles. The van der Waals surface area contributed by atoms with E-state index in [1.54, 1.807) is 6.07 Å². The third-order valence-corrected chi connectivity index (χ3v) is 5.06. The molecule has 0 atom stereocenters. The van der Waals surface area contributed by atoms with Crippen molar-refractivity contribution in [3.8, 4) is 0 Å². The fourth-order valence-corrected chi connectivity index (χ4v) is 3.42. The van der Waals surface area contributed by atoms with Crippen LogP contribution in [0.3, 0.4) is 0 Å². The van der Waals surface area contributed by atoms with E-state index in [-0.39, 0.29) is 11.2 Å². The van der Waals surface area contributed by atoms with Crippen LogP contribution >= 0.6 is 0 Å². The molecule has 1 aromatic carbocycles. The zero-order chi connectivity index (χ0) is 14.3. The summed E-state index contributed by atoms with van der Waals surface area (Å²) in [5.41, 5.74) is 0.568. The van der Waals surface area contributed by atoms with Gasteiger partial charge in [0.2, 0.25) is 0 Å². The van der Waals surface area contributed by atoms with E-state index in [4.69, 9.17) is 0 Å². The fourth-order valence-electron chi connectivity index (χ4n) is 3.42. The lowest BCUT2D eigenvalue weighted by molar-refractivity contribution is 0.0940. The monoisotopic (exact) mass is 279 g/mol. The average molecular weight is 279 g/mol. The van der Waals surface area contributed by atoms with Gasteiger partial charge in [0, 0.05) is 24.1 Å². The molecule has 2 fully saturated rings. The van der Waals surface area contributed by atoms with Gasteiger partial charge in [0.25, 0.3) is 0 Å². The molecule has 0 saturated heterocycles. The molecule has 2 aliphatic rings. The summed E-state index contributed by atoms with van der Waals surface area (Å²) in [6.45, 7) is 5.28. The van der Waals surface area contributed by atoms with Crippen molar-refractivity contribution in [2.24, 2.45) is 11.8 Å². The van der Waals surface area contributed by atoms with Gasteiger partial charge in [-0.2, -0.15) is 0 Å². The van der Waals surface area contributed by atoms with Crippen LogP contribution in [0.25, 0.3) is 0 Å². The van der Waals surface area contributed by atoms with Gasteiger partial charge in [-0.05, 0) is 49.1 Å². The summed E-state index contributed by atoms with van der Waals surface area (Å²) in [5.74, 6) is 0.411. The maximum absolute atomic E-state index is 14.2. The van der Waals surface area contributed by atoms with Crippen LogP contribution in [-0.4, -0.2) is 12.6 Å². The highest BCUT2D eigenvalue weighted by Crippen LogP contribution is 2.51. The van der Waals surface area contributed by atoms with E-state index >= 15 is 0 Å². The maximum atomic E-state index is 14.2. The Bertz CT molecular complexity index is 482. The lowest BCUT2D eigenvalue weighted by Gasteiger charge is -2.50. The smallest absolute Gasteiger partial charge is 0.129 e. The van der Waals surface area contributed by atoms with Crippen LogP contribution in [0.2, 0.25) is 0 Å². The molecule has 0 radical (unpaired) electrons. The van der Waals surface area contributed by atoms with Gasteiger partial charge in [0.05, 0.1) is 0 Å². The Kier molecular flexibility index (Phi) is 3.57. The van der Waals surface area contributed by atoms with E-state index in [2.05, 4.69) is 19.2 Å². The SMILES string of the molecule is CC(C)C1CC(CNC2CC2)(c2ccc(F)cc2F)C1. The molecular formula is C17H23F2N. The zero-order valence-electron chi connectivity index (χ0n) is 12.3. The highest BCUT2D eigenvalue weighted by molar-refractivity contribution is 5.32. The molecule has 3 heteroatoms. The average Bonchev–Trinajstić information content (AvgIpc) is 3.12. The highest BCUT2D eigenvalue weighted by Gasteiger charge is 2.48. The number of nitrogens with one attached hydrogen (secondary N) is 1. The van der Waals surface area contributed by atoms with Crippen LogP contribution in [0.4, 0.5) is 8.78 Å². The standard InChI is InChI=1S/C17H23F2N/c1-11(2)12-8-17(9-12,10-20-14-4-5-14)15-6-3-13(18)7-16(15)19/h3,6-7,11-12,14,20H,4-5,8-10H2,1-2H3. The lowest BCUT2D eigenvalue weighted by Crippen LogP contribution is -2.51. The van der Waals surface area contributed by atoms with Gasteiger partial charge in [-0.1, -0.05) is 19.9 Å². The molecule has 1 aromatic rings. The quantitative estimate of drug-likeness (QED) is 0.858. The Morgan fingerprint density at radius 1 is 1.25 bits per heavy atom. The number of rotatable bonds is 5. The predicted octanol–water partition coefficient (Wildman–Crippen LogP) is 4.02. The molecule has 0 amide bonds. The largest absolute Gasteiger partial charge is 0.313 e. The van der Waals surface area contributed by atoms with E-state index in [0.29, 0.717) is 23.4 Å². The van der Waals surface area contributed by atoms with Crippen LogP contribution in [0.5, 0.6) is 0 Å². The van der Waals surface area contributed by atoms with E-state index in [1.165, 1.54) is 18.9 Å². The number of benzene rings is 1. The van der Waals surface area contributed by atoms with Gasteiger partial charge in [-0.15, -0.1) is 0 Å². The van der Waals surface area contributed by atoms with Crippen LogP contribution in [0.15, 0.2) is 18.2 Å². The second kappa shape index (κ2) is 5.10. The third kappa shape index (κ3) is 2.60. The van der Waals surface area contributed by atoms with Crippen molar-refractivity contribution in [1.29, 1.82) is 0 Å². The Morgan fingerprint density at radius 3 is 2.50 bits per heavy atom. The molecule has 0 aromatic heterocycles. The topological polar surface area (TPSA) is 12.0 Å². The van der Waals surface area contributed by atoms with Crippen LogP contribution in [0.1, 0.15) is 45.1 Å². The Labute approximate surface area is 119 Å². The molecule has 0 aliphatic heterocycles. The molecular weight excluding hydrogens is 256 g/mol. The highest BCUT2D eigenvalue weighted by atomic mass is 19.1. The van der Waals surface area contributed by atoms with E-state index < -0.39 is 5.82 Å². The zero-order valence-corrected chi connectivity index (χ0v) is 12.3. The third-order valence-electron chi connectivity index (χ3n) is 5.06. The van der Waals surface area contributed by atoms with Crippen molar-refractivity contribution in [2.45, 2.75) is 51.0 Å². The van der Waals surface area contributed by atoms with Crippen molar-refractivity contribution in [2.75, 3.05) is 6.54 Å². The Balaban J connectivity index is 1.81. The van der Waals surface area contributed by atoms with Crippen molar-refractivity contribution < 1.29 is 8.78 Å². The molecule has 0 spiro atoms. The first kappa shape index (κ1) is 14.0. The molecule has 1 N–H and O–H groups in total. The molecule has 1 nitrogen and oxygen atoms in total.